The first-order chi connectivity index (χ1) is 18.6. The molecular weight excluding hydrogens is 513 g/mol. The number of alkyl halides is 3. The van der Waals surface area contributed by atoms with Crippen molar-refractivity contribution in [1.29, 1.82) is 0 Å². The highest BCUT2D eigenvalue weighted by Crippen LogP contribution is 2.43. The van der Waals surface area contributed by atoms with E-state index in [4.69, 9.17) is 0 Å². The summed E-state index contributed by atoms with van der Waals surface area (Å²) in [4.78, 5) is 3.63. The van der Waals surface area contributed by atoms with Crippen LogP contribution in [0.15, 0.2) is 42.7 Å². The molecule has 2 aliphatic rings. The van der Waals surface area contributed by atoms with Crippen LogP contribution in [0.25, 0.3) is 11.1 Å². The minimum absolute atomic E-state index is 0.0127. The van der Waals surface area contributed by atoms with E-state index in [1.54, 1.807) is 18.5 Å². The Morgan fingerprint density at radius 1 is 1.13 bits per heavy atom. The van der Waals surface area contributed by atoms with E-state index >= 15 is 8.78 Å². The first kappa shape index (κ1) is 27.6. The van der Waals surface area contributed by atoms with Crippen molar-refractivity contribution < 1.29 is 22.0 Å². The van der Waals surface area contributed by atoms with E-state index in [0.717, 1.165) is 36.6 Å². The molecule has 210 valence electrons. The summed E-state index contributed by atoms with van der Waals surface area (Å²) in [6, 6.07) is 6.67. The van der Waals surface area contributed by atoms with Gasteiger partial charge in [0.1, 0.15) is 11.6 Å². The van der Waals surface area contributed by atoms with Gasteiger partial charge in [-0.2, -0.15) is 5.10 Å². The number of nitrogens with zero attached hydrogens (tertiary/aromatic N) is 3. The van der Waals surface area contributed by atoms with Gasteiger partial charge in [0.15, 0.2) is 0 Å². The Morgan fingerprint density at radius 3 is 2.56 bits per heavy atom. The summed E-state index contributed by atoms with van der Waals surface area (Å²) in [5, 5.41) is 9.97. The Balaban J connectivity index is 1.48. The topological polar surface area (TPSA) is 47.2 Å². The van der Waals surface area contributed by atoms with E-state index in [-0.39, 0.29) is 24.3 Å². The standard InChI is InChI=1S/C29H34F5N5/c1-18-10-20-11-19(21-14-35-36-15-21)4-5-24(20)28(39(18)17-29(2,33)34)27-25(31)12-23(13-26(27)32)37-22-6-9-38(16-22)8-3-7-30/h4-5,11-15,18,22,28,37H,3,6-10,16-17H2,1-2H3,(H,35,36)/t18-,22+,28+/m1/s1. The molecule has 39 heavy (non-hydrogen) atoms. The number of aromatic amines is 1. The molecule has 0 bridgehead atoms. The van der Waals surface area contributed by atoms with Crippen LogP contribution in [0.5, 0.6) is 0 Å². The molecule has 3 aromatic rings. The fourth-order valence-corrected chi connectivity index (χ4v) is 6.00. The number of nitrogens with one attached hydrogen (secondary N) is 2. The molecule has 3 atom stereocenters. The van der Waals surface area contributed by atoms with Gasteiger partial charge in [-0.15, -0.1) is 0 Å². The maximum Gasteiger partial charge on any atom is 0.257 e. The Hall–Kier alpha value is -2.98. The first-order valence-electron chi connectivity index (χ1n) is 13.4. The number of halogens is 5. The number of aromatic nitrogens is 2. The molecule has 0 radical (unpaired) electrons. The van der Waals surface area contributed by atoms with Crippen LogP contribution >= 0.6 is 0 Å². The SMILES string of the molecule is C[C@@H]1Cc2cc(-c3cn[nH]c3)ccc2[C@@H](c2c(F)cc(N[C@H]3CCN(CCCF)C3)cc2F)N1CC(C)(F)F. The molecule has 2 aromatic carbocycles. The molecule has 2 aliphatic heterocycles. The van der Waals surface area contributed by atoms with Crippen LogP contribution in [0.1, 0.15) is 49.4 Å². The number of rotatable bonds is 9. The first-order valence-corrected chi connectivity index (χ1v) is 13.4. The van der Waals surface area contributed by atoms with Gasteiger partial charge in [0.25, 0.3) is 5.92 Å². The number of fused-ring (bicyclic) bond motifs is 1. The zero-order valence-electron chi connectivity index (χ0n) is 22.2. The normalized spacial score (nSPS) is 22.3. The number of hydrogen-bond donors (Lipinski definition) is 2. The maximum atomic E-state index is 15.8. The van der Waals surface area contributed by atoms with Gasteiger partial charge in [-0.3, -0.25) is 14.4 Å². The summed E-state index contributed by atoms with van der Waals surface area (Å²) >= 11 is 0. The monoisotopic (exact) mass is 547 g/mol. The summed E-state index contributed by atoms with van der Waals surface area (Å²) in [6.07, 6.45) is 5.15. The van der Waals surface area contributed by atoms with Crippen LogP contribution in [0, 0.1) is 11.6 Å². The van der Waals surface area contributed by atoms with Crippen molar-refractivity contribution in [2.75, 3.05) is 38.2 Å². The second kappa shape index (κ2) is 11.3. The molecule has 2 N–H and O–H groups in total. The predicted octanol–water partition coefficient (Wildman–Crippen LogP) is 6.19. The largest absolute Gasteiger partial charge is 0.381 e. The van der Waals surface area contributed by atoms with Crippen molar-refractivity contribution in [3.63, 3.8) is 0 Å². The number of benzene rings is 2. The highest BCUT2D eigenvalue weighted by molar-refractivity contribution is 5.64. The average Bonchev–Trinajstić information content (AvgIpc) is 3.55. The van der Waals surface area contributed by atoms with Crippen LogP contribution in [0.4, 0.5) is 27.6 Å². The van der Waals surface area contributed by atoms with Crippen molar-refractivity contribution >= 4 is 5.69 Å². The molecule has 0 spiro atoms. The van der Waals surface area contributed by atoms with Gasteiger partial charge in [-0.1, -0.05) is 18.2 Å². The van der Waals surface area contributed by atoms with E-state index in [1.165, 1.54) is 17.0 Å². The lowest BCUT2D eigenvalue weighted by atomic mass is 9.83. The summed E-state index contributed by atoms with van der Waals surface area (Å²) in [5.74, 6) is -4.61. The van der Waals surface area contributed by atoms with Crippen molar-refractivity contribution in [2.45, 2.75) is 57.2 Å². The van der Waals surface area contributed by atoms with Gasteiger partial charge in [0.2, 0.25) is 0 Å². The Morgan fingerprint density at radius 2 is 1.90 bits per heavy atom. The van der Waals surface area contributed by atoms with Crippen LogP contribution in [0.3, 0.4) is 0 Å². The summed E-state index contributed by atoms with van der Waals surface area (Å²) in [6.45, 7) is 3.74. The second-order valence-electron chi connectivity index (χ2n) is 10.9. The van der Waals surface area contributed by atoms with E-state index in [0.29, 0.717) is 37.2 Å². The molecule has 0 aliphatic carbocycles. The van der Waals surface area contributed by atoms with E-state index in [9.17, 15) is 13.2 Å². The lowest BCUT2D eigenvalue weighted by Crippen LogP contribution is -2.48. The van der Waals surface area contributed by atoms with Crippen molar-refractivity contribution in [3.8, 4) is 11.1 Å². The van der Waals surface area contributed by atoms with Gasteiger partial charge < -0.3 is 10.2 Å². The minimum Gasteiger partial charge on any atom is -0.381 e. The van der Waals surface area contributed by atoms with Crippen LogP contribution in [-0.4, -0.2) is 70.9 Å². The maximum absolute atomic E-state index is 15.8. The van der Waals surface area contributed by atoms with Gasteiger partial charge in [0.05, 0.1) is 25.5 Å². The Labute approximate surface area is 225 Å². The number of anilines is 1. The second-order valence-corrected chi connectivity index (χ2v) is 10.9. The Bertz CT molecular complexity index is 1250. The molecule has 3 heterocycles. The van der Waals surface area contributed by atoms with Crippen molar-refractivity contribution in [3.05, 3.63) is 71.1 Å². The van der Waals surface area contributed by atoms with E-state index in [1.807, 2.05) is 19.1 Å². The highest BCUT2D eigenvalue weighted by Gasteiger charge is 2.40. The molecule has 10 heteroatoms. The minimum atomic E-state index is -3.05. The van der Waals surface area contributed by atoms with Gasteiger partial charge >= 0.3 is 0 Å². The zero-order chi connectivity index (χ0) is 27.7. The average molecular weight is 548 g/mol. The number of likely N-dealkylation sites (tertiary alicyclic amines) is 1. The molecule has 5 rings (SSSR count). The Kier molecular flexibility index (Phi) is 7.96. The number of hydrogen-bond acceptors (Lipinski definition) is 4. The van der Waals surface area contributed by atoms with Gasteiger partial charge in [-0.25, -0.2) is 17.6 Å². The lowest BCUT2D eigenvalue weighted by Gasteiger charge is -2.43. The highest BCUT2D eigenvalue weighted by atomic mass is 19.3. The quantitative estimate of drug-likeness (QED) is 0.314. The third kappa shape index (κ3) is 6.11. The van der Waals surface area contributed by atoms with Crippen molar-refractivity contribution in [1.82, 2.24) is 20.0 Å². The van der Waals surface area contributed by atoms with Gasteiger partial charge in [-0.05, 0) is 55.0 Å². The molecule has 0 saturated carbocycles. The molecule has 0 amide bonds. The van der Waals surface area contributed by atoms with Gasteiger partial charge in [0, 0.05) is 61.7 Å². The van der Waals surface area contributed by atoms with Crippen molar-refractivity contribution in [2.24, 2.45) is 0 Å². The third-order valence-corrected chi connectivity index (χ3v) is 7.75. The molecule has 1 fully saturated rings. The lowest BCUT2D eigenvalue weighted by molar-refractivity contribution is -0.0370. The smallest absolute Gasteiger partial charge is 0.257 e. The van der Waals surface area contributed by atoms with Crippen LogP contribution in [0.2, 0.25) is 0 Å². The zero-order valence-corrected chi connectivity index (χ0v) is 22.2. The van der Waals surface area contributed by atoms with Crippen LogP contribution < -0.4 is 5.32 Å². The summed E-state index contributed by atoms with van der Waals surface area (Å²) in [5.41, 5.74) is 3.31. The summed E-state index contributed by atoms with van der Waals surface area (Å²) < 4.78 is 72.7. The third-order valence-electron chi connectivity index (χ3n) is 7.75. The summed E-state index contributed by atoms with van der Waals surface area (Å²) in [7, 11) is 0. The molecule has 1 saturated heterocycles. The molecule has 5 nitrogen and oxygen atoms in total. The fraction of sp³-hybridized carbons (Fsp3) is 0.483. The number of H-pyrrole nitrogens is 1. The van der Waals surface area contributed by atoms with Crippen LogP contribution in [-0.2, 0) is 6.42 Å². The van der Waals surface area contributed by atoms with E-state index < -0.39 is 30.1 Å². The predicted molar refractivity (Wildman–Crippen MR) is 142 cm³/mol. The molecule has 0 unspecified atom stereocenters. The fourth-order valence-electron chi connectivity index (χ4n) is 6.00. The van der Waals surface area contributed by atoms with E-state index in [2.05, 4.69) is 20.4 Å². The molecular formula is C29H34F5N5. The molecule has 1 aromatic heterocycles.